The van der Waals surface area contributed by atoms with E-state index in [-0.39, 0.29) is 35.5 Å². The van der Waals surface area contributed by atoms with E-state index in [2.05, 4.69) is 17.5 Å². The molecule has 0 unspecified atom stereocenters. The number of hydrogen-bond acceptors (Lipinski definition) is 4. The van der Waals surface area contributed by atoms with E-state index in [4.69, 9.17) is 16.3 Å². The molecule has 1 N–H and O–H groups in total. The number of carbonyl (C=O) groups excluding carboxylic acids is 3. The van der Waals surface area contributed by atoms with Crippen LogP contribution in [0.2, 0.25) is 5.02 Å². The molecule has 0 spiro atoms. The first-order valence-corrected chi connectivity index (χ1v) is 10.00. The van der Waals surface area contributed by atoms with Crippen LogP contribution in [0.4, 0.5) is 5.69 Å². The van der Waals surface area contributed by atoms with Crippen LogP contribution in [-0.2, 0) is 14.4 Å². The van der Waals surface area contributed by atoms with E-state index >= 15 is 0 Å². The highest BCUT2D eigenvalue weighted by Crippen LogP contribution is 2.65. The Morgan fingerprint density at radius 3 is 2.36 bits per heavy atom. The molecule has 6 rings (SSSR count). The maximum absolute atomic E-state index is 13.1. The van der Waals surface area contributed by atoms with E-state index in [1.54, 1.807) is 25.1 Å². The van der Waals surface area contributed by atoms with Gasteiger partial charge in [-0.25, -0.2) is 0 Å². The molecule has 1 aromatic rings. The second kappa shape index (κ2) is 6.08. The molecule has 2 bridgehead atoms. The quantitative estimate of drug-likeness (QED) is 0.622. The minimum atomic E-state index is -0.898. The number of carbonyl (C=O) groups is 3. The van der Waals surface area contributed by atoms with Crippen LogP contribution in [0.25, 0.3) is 0 Å². The second-order valence-electron chi connectivity index (χ2n) is 8.21. The van der Waals surface area contributed by atoms with E-state index in [0.717, 1.165) is 6.42 Å². The first-order valence-electron chi connectivity index (χ1n) is 9.62. The number of nitrogens with one attached hydrogen (secondary N) is 1. The van der Waals surface area contributed by atoms with E-state index in [1.165, 1.54) is 12.0 Å². The number of anilines is 1. The lowest BCUT2D eigenvalue weighted by Crippen LogP contribution is -2.46. The van der Waals surface area contributed by atoms with Gasteiger partial charge in [0.2, 0.25) is 17.7 Å². The Balaban J connectivity index is 1.38. The molecule has 1 saturated heterocycles. The normalized spacial score (nSPS) is 35.5. The summed E-state index contributed by atoms with van der Waals surface area (Å²) in [5, 5.41) is 3.20. The molecular weight excluding hydrogens is 380 g/mol. The average molecular weight is 401 g/mol. The van der Waals surface area contributed by atoms with Crippen LogP contribution in [0, 0.1) is 35.5 Å². The van der Waals surface area contributed by atoms with Crippen molar-refractivity contribution in [2.75, 3.05) is 12.4 Å². The van der Waals surface area contributed by atoms with Crippen molar-refractivity contribution in [3.8, 4) is 5.75 Å². The van der Waals surface area contributed by atoms with Gasteiger partial charge in [-0.1, -0.05) is 23.8 Å². The van der Waals surface area contributed by atoms with E-state index in [0.29, 0.717) is 28.3 Å². The smallest absolute Gasteiger partial charge is 0.247 e. The predicted octanol–water partition coefficient (Wildman–Crippen LogP) is 2.73. The van der Waals surface area contributed by atoms with E-state index in [1.807, 2.05) is 0 Å². The predicted molar refractivity (Wildman–Crippen MR) is 103 cm³/mol. The summed E-state index contributed by atoms with van der Waals surface area (Å²) in [6.07, 6.45) is 5.35. The maximum Gasteiger partial charge on any atom is 0.247 e. The van der Waals surface area contributed by atoms with Crippen LogP contribution in [0.1, 0.15) is 13.3 Å². The van der Waals surface area contributed by atoms with Gasteiger partial charge < -0.3 is 10.1 Å². The van der Waals surface area contributed by atoms with Crippen LogP contribution < -0.4 is 10.1 Å². The summed E-state index contributed by atoms with van der Waals surface area (Å²) in [7, 11) is 1.49. The molecule has 3 fully saturated rings. The zero-order valence-electron chi connectivity index (χ0n) is 15.6. The Hall–Kier alpha value is -2.34. The molecule has 1 heterocycles. The molecule has 1 aliphatic heterocycles. The topological polar surface area (TPSA) is 75.7 Å². The van der Waals surface area contributed by atoms with Gasteiger partial charge in [0.15, 0.2) is 0 Å². The first-order chi connectivity index (χ1) is 13.4. The minimum Gasteiger partial charge on any atom is -0.495 e. The van der Waals surface area contributed by atoms with Crippen LogP contribution >= 0.6 is 11.6 Å². The van der Waals surface area contributed by atoms with Crippen molar-refractivity contribution in [3.05, 3.63) is 35.4 Å². The van der Waals surface area contributed by atoms with Crippen molar-refractivity contribution in [3.63, 3.8) is 0 Å². The highest BCUT2D eigenvalue weighted by atomic mass is 35.5. The van der Waals surface area contributed by atoms with Crippen LogP contribution in [0.15, 0.2) is 30.4 Å². The summed E-state index contributed by atoms with van der Waals surface area (Å²) < 4.78 is 5.25. The number of methoxy groups -OCH3 is 1. The summed E-state index contributed by atoms with van der Waals surface area (Å²) in [6.45, 7) is 1.59. The number of ether oxygens (including phenoxy) is 1. The van der Waals surface area contributed by atoms with Crippen molar-refractivity contribution in [1.29, 1.82) is 0 Å². The van der Waals surface area contributed by atoms with Crippen LogP contribution in [0.3, 0.4) is 0 Å². The third kappa shape index (κ3) is 2.37. The zero-order valence-corrected chi connectivity index (χ0v) is 16.3. The molecule has 3 amide bonds. The summed E-state index contributed by atoms with van der Waals surface area (Å²) in [5.74, 6) is 0.353. The third-order valence-corrected chi connectivity index (χ3v) is 7.12. The number of imide groups is 1. The SMILES string of the molecule is COc1ccc(Cl)cc1NC(=O)[C@H](C)N1C(=O)[C@@H]2[C@H]3C=C[C@@H]([C@@H]4C[C@@H]34)[C@@H]2C1=O. The van der Waals surface area contributed by atoms with Gasteiger partial charge in [0.1, 0.15) is 11.8 Å². The van der Waals surface area contributed by atoms with Crippen molar-refractivity contribution >= 4 is 35.0 Å². The molecule has 7 heteroatoms. The lowest BCUT2D eigenvalue weighted by atomic mass is 9.63. The van der Waals surface area contributed by atoms with Gasteiger partial charge in [-0.2, -0.15) is 0 Å². The fraction of sp³-hybridized carbons (Fsp3) is 0.476. The number of benzene rings is 1. The number of hydrogen-bond donors (Lipinski definition) is 1. The van der Waals surface area contributed by atoms with Gasteiger partial charge in [0, 0.05) is 5.02 Å². The highest BCUT2D eigenvalue weighted by Gasteiger charge is 2.67. The summed E-state index contributed by atoms with van der Waals surface area (Å²) in [5.41, 5.74) is 0.409. The zero-order chi connectivity index (χ0) is 19.7. The average Bonchev–Trinajstić information content (AvgIpc) is 3.45. The first kappa shape index (κ1) is 17.7. The van der Waals surface area contributed by atoms with Crippen LogP contribution in [-0.4, -0.2) is 35.8 Å². The molecule has 7 atom stereocenters. The second-order valence-corrected chi connectivity index (χ2v) is 8.65. The maximum atomic E-state index is 13.1. The number of halogens is 1. The molecule has 0 radical (unpaired) electrons. The Morgan fingerprint density at radius 1 is 1.18 bits per heavy atom. The lowest BCUT2D eigenvalue weighted by Gasteiger charge is -2.37. The van der Waals surface area contributed by atoms with Crippen molar-refractivity contribution in [2.24, 2.45) is 35.5 Å². The summed E-state index contributed by atoms with van der Waals surface area (Å²) >= 11 is 6.02. The number of rotatable bonds is 4. The summed E-state index contributed by atoms with van der Waals surface area (Å²) in [4.78, 5) is 40.3. The molecule has 6 nitrogen and oxygen atoms in total. The molecule has 0 aromatic heterocycles. The Bertz CT molecular complexity index is 893. The van der Waals surface area contributed by atoms with Gasteiger partial charge in [0.25, 0.3) is 0 Å². The molecular formula is C21H21ClN2O4. The molecule has 2 saturated carbocycles. The fourth-order valence-electron chi connectivity index (χ4n) is 5.49. The van der Waals surface area contributed by atoms with Crippen LogP contribution in [0.5, 0.6) is 5.75 Å². The minimum absolute atomic E-state index is 0.143. The monoisotopic (exact) mass is 400 g/mol. The molecule has 5 aliphatic rings. The largest absolute Gasteiger partial charge is 0.495 e. The Morgan fingerprint density at radius 2 is 1.79 bits per heavy atom. The van der Waals surface area contributed by atoms with E-state index in [9.17, 15) is 14.4 Å². The van der Waals surface area contributed by atoms with Gasteiger partial charge in [0.05, 0.1) is 24.6 Å². The number of nitrogens with zero attached hydrogens (tertiary/aromatic N) is 1. The number of likely N-dealkylation sites (tertiary alicyclic amines) is 1. The molecule has 4 aliphatic carbocycles. The van der Waals surface area contributed by atoms with Gasteiger partial charge in [-0.3, -0.25) is 19.3 Å². The highest BCUT2D eigenvalue weighted by molar-refractivity contribution is 6.31. The van der Waals surface area contributed by atoms with E-state index < -0.39 is 11.9 Å². The molecule has 146 valence electrons. The number of allylic oxidation sites excluding steroid dienone is 2. The Labute approximate surface area is 167 Å². The number of amides is 3. The Kier molecular flexibility index (Phi) is 3.85. The molecule has 1 aromatic carbocycles. The van der Waals surface area contributed by atoms with Gasteiger partial charge in [-0.15, -0.1) is 0 Å². The standard InChI is InChI=1S/C21H21ClN2O4/c1-9(19(25)23-15-7-10(22)3-6-16(15)28-2)24-20(26)17-11-4-5-12(14-8-13(11)14)18(17)21(24)27/h3-7,9,11-14,17-18H,8H2,1-2H3,(H,23,25)/t9-,11-,12-,13-,14-,17-,18+/m0/s1. The molecule has 28 heavy (non-hydrogen) atoms. The van der Waals surface area contributed by atoms with Crippen molar-refractivity contribution in [1.82, 2.24) is 4.90 Å². The van der Waals surface area contributed by atoms with Crippen molar-refractivity contribution in [2.45, 2.75) is 19.4 Å². The van der Waals surface area contributed by atoms with Crippen molar-refractivity contribution < 1.29 is 19.1 Å². The third-order valence-electron chi connectivity index (χ3n) is 6.88. The van der Waals surface area contributed by atoms with Gasteiger partial charge >= 0.3 is 0 Å². The fourth-order valence-corrected chi connectivity index (χ4v) is 5.67. The summed E-state index contributed by atoms with van der Waals surface area (Å²) in [6, 6.07) is 3.99. The lowest BCUT2D eigenvalue weighted by molar-refractivity contribution is -0.146. The van der Waals surface area contributed by atoms with Gasteiger partial charge in [-0.05, 0) is 55.2 Å².